The molecule has 1 fully saturated rings. The lowest BCUT2D eigenvalue weighted by Crippen LogP contribution is -2.44. The molecule has 1 aromatic heterocycles. The fourth-order valence-corrected chi connectivity index (χ4v) is 3.35. The number of hydrogen-bond donors (Lipinski definition) is 0. The van der Waals surface area contributed by atoms with Gasteiger partial charge in [-0.15, -0.1) is 0 Å². The van der Waals surface area contributed by atoms with Gasteiger partial charge in [-0.3, -0.25) is 4.79 Å². The van der Waals surface area contributed by atoms with E-state index in [1.807, 2.05) is 54.6 Å². The van der Waals surface area contributed by atoms with Gasteiger partial charge < -0.3 is 9.64 Å². The SMILES string of the molecule is O=C(c1ccc(-c2ccccc2)cc1)N1CCC[C@H](Oc2ncc(F)cn2)C1. The maximum Gasteiger partial charge on any atom is 0.316 e. The summed E-state index contributed by atoms with van der Waals surface area (Å²) in [7, 11) is 0. The lowest BCUT2D eigenvalue weighted by atomic mass is 10.0. The minimum absolute atomic E-state index is 0.0204. The van der Waals surface area contributed by atoms with Gasteiger partial charge in [0.2, 0.25) is 0 Å². The van der Waals surface area contributed by atoms with Gasteiger partial charge in [0, 0.05) is 12.1 Å². The zero-order valence-corrected chi connectivity index (χ0v) is 15.3. The van der Waals surface area contributed by atoms with Crippen LogP contribution in [-0.4, -0.2) is 40.0 Å². The number of aromatic nitrogens is 2. The first-order chi connectivity index (χ1) is 13.7. The molecule has 0 unspecified atom stereocenters. The van der Waals surface area contributed by atoms with E-state index in [1.165, 1.54) is 0 Å². The van der Waals surface area contributed by atoms with Crippen LogP contribution < -0.4 is 4.74 Å². The standard InChI is InChI=1S/C22H20FN3O2/c23-19-13-24-22(25-14-19)28-20-7-4-12-26(15-20)21(27)18-10-8-17(9-11-18)16-5-2-1-3-6-16/h1-3,5-6,8-11,13-14,20H,4,7,12,15H2/t20-/m0/s1. The summed E-state index contributed by atoms with van der Waals surface area (Å²) >= 11 is 0. The van der Waals surface area contributed by atoms with E-state index in [9.17, 15) is 9.18 Å². The lowest BCUT2D eigenvalue weighted by molar-refractivity contribution is 0.0515. The predicted octanol–water partition coefficient (Wildman–Crippen LogP) is 3.97. The van der Waals surface area contributed by atoms with Crippen LogP contribution in [0.25, 0.3) is 11.1 Å². The fraction of sp³-hybridized carbons (Fsp3) is 0.227. The molecule has 142 valence electrons. The molecule has 2 aromatic carbocycles. The summed E-state index contributed by atoms with van der Waals surface area (Å²) in [6.45, 7) is 1.14. The molecule has 28 heavy (non-hydrogen) atoms. The first-order valence-corrected chi connectivity index (χ1v) is 9.28. The highest BCUT2D eigenvalue weighted by molar-refractivity contribution is 5.94. The van der Waals surface area contributed by atoms with Crippen LogP contribution >= 0.6 is 0 Å². The number of carbonyl (C=O) groups excluding carboxylic acids is 1. The molecule has 1 amide bonds. The maximum absolute atomic E-state index is 12.9. The van der Waals surface area contributed by atoms with Crippen molar-refractivity contribution in [2.45, 2.75) is 18.9 Å². The highest BCUT2D eigenvalue weighted by Gasteiger charge is 2.26. The van der Waals surface area contributed by atoms with Gasteiger partial charge in [-0.1, -0.05) is 42.5 Å². The lowest BCUT2D eigenvalue weighted by Gasteiger charge is -2.32. The summed E-state index contributed by atoms with van der Waals surface area (Å²) in [6.07, 6.45) is 3.58. The van der Waals surface area contributed by atoms with Crippen molar-refractivity contribution in [3.8, 4) is 17.1 Å². The molecule has 0 bridgehead atoms. The monoisotopic (exact) mass is 377 g/mol. The largest absolute Gasteiger partial charge is 0.458 e. The van der Waals surface area contributed by atoms with E-state index in [1.54, 1.807) is 4.90 Å². The van der Waals surface area contributed by atoms with Gasteiger partial charge in [0.1, 0.15) is 6.10 Å². The van der Waals surface area contributed by atoms with Gasteiger partial charge in [0.05, 0.1) is 18.9 Å². The van der Waals surface area contributed by atoms with E-state index >= 15 is 0 Å². The summed E-state index contributed by atoms with van der Waals surface area (Å²) in [5.41, 5.74) is 2.84. The molecule has 1 atom stereocenters. The van der Waals surface area contributed by atoms with E-state index in [0.717, 1.165) is 36.4 Å². The van der Waals surface area contributed by atoms with Crippen molar-refractivity contribution < 1.29 is 13.9 Å². The minimum atomic E-state index is -0.508. The van der Waals surface area contributed by atoms with Crippen molar-refractivity contribution in [2.24, 2.45) is 0 Å². The summed E-state index contributed by atoms with van der Waals surface area (Å²) in [5, 5.41) is 0. The van der Waals surface area contributed by atoms with Crippen molar-refractivity contribution in [3.05, 3.63) is 78.4 Å². The van der Waals surface area contributed by atoms with Crippen LogP contribution in [0.15, 0.2) is 67.0 Å². The van der Waals surface area contributed by atoms with Crippen molar-refractivity contribution in [1.82, 2.24) is 14.9 Å². The maximum atomic E-state index is 12.9. The summed E-state index contributed by atoms with van der Waals surface area (Å²) in [5.74, 6) is -0.528. The Kier molecular flexibility index (Phi) is 5.28. The molecule has 0 saturated carbocycles. The molecule has 6 heteroatoms. The Morgan fingerprint density at radius 1 is 1.00 bits per heavy atom. The van der Waals surface area contributed by atoms with Crippen LogP contribution in [0, 0.1) is 5.82 Å². The fourth-order valence-electron chi connectivity index (χ4n) is 3.35. The number of hydrogen-bond acceptors (Lipinski definition) is 4. The molecule has 2 heterocycles. The number of piperidine rings is 1. The van der Waals surface area contributed by atoms with Gasteiger partial charge in [0.25, 0.3) is 5.91 Å². The van der Waals surface area contributed by atoms with Crippen molar-refractivity contribution >= 4 is 5.91 Å². The zero-order valence-electron chi connectivity index (χ0n) is 15.3. The topological polar surface area (TPSA) is 55.3 Å². The molecule has 0 aliphatic carbocycles. The number of rotatable bonds is 4. The summed E-state index contributed by atoms with van der Waals surface area (Å²) in [4.78, 5) is 22.3. The predicted molar refractivity (Wildman–Crippen MR) is 103 cm³/mol. The van der Waals surface area contributed by atoms with Gasteiger partial charge in [-0.05, 0) is 36.1 Å². The molecule has 3 aromatic rings. The van der Waals surface area contributed by atoms with Crippen molar-refractivity contribution in [2.75, 3.05) is 13.1 Å². The Hall–Kier alpha value is -3.28. The molecule has 1 aliphatic heterocycles. The second-order valence-electron chi connectivity index (χ2n) is 6.76. The highest BCUT2D eigenvalue weighted by atomic mass is 19.1. The molecule has 0 N–H and O–H groups in total. The Balaban J connectivity index is 1.41. The van der Waals surface area contributed by atoms with Crippen LogP contribution in [0.3, 0.4) is 0 Å². The Labute approximate surface area is 162 Å². The second-order valence-corrected chi connectivity index (χ2v) is 6.76. The van der Waals surface area contributed by atoms with E-state index in [2.05, 4.69) is 9.97 Å². The van der Waals surface area contributed by atoms with Gasteiger partial charge in [0.15, 0.2) is 5.82 Å². The number of likely N-dealkylation sites (tertiary alicyclic amines) is 1. The molecular weight excluding hydrogens is 357 g/mol. The number of nitrogens with zero attached hydrogens (tertiary/aromatic N) is 3. The number of ether oxygens (including phenoxy) is 1. The van der Waals surface area contributed by atoms with E-state index in [4.69, 9.17) is 4.74 Å². The Morgan fingerprint density at radius 2 is 1.68 bits per heavy atom. The highest BCUT2D eigenvalue weighted by Crippen LogP contribution is 2.21. The molecule has 5 nitrogen and oxygen atoms in total. The normalized spacial score (nSPS) is 16.6. The first-order valence-electron chi connectivity index (χ1n) is 9.28. The van der Waals surface area contributed by atoms with Crippen molar-refractivity contribution in [1.29, 1.82) is 0 Å². The van der Waals surface area contributed by atoms with E-state index in [0.29, 0.717) is 18.7 Å². The zero-order chi connectivity index (χ0) is 19.3. The molecule has 0 spiro atoms. The van der Waals surface area contributed by atoms with E-state index in [-0.39, 0.29) is 18.0 Å². The number of halogens is 1. The van der Waals surface area contributed by atoms with Crippen LogP contribution in [0.2, 0.25) is 0 Å². The third-order valence-corrected chi connectivity index (χ3v) is 4.77. The van der Waals surface area contributed by atoms with Crippen LogP contribution in [-0.2, 0) is 0 Å². The average Bonchev–Trinajstić information content (AvgIpc) is 2.76. The molecule has 1 aliphatic rings. The van der Waals surface area contributed by atoms with E-state index < -0.39 is 5.82 Å². The quantitative estimate of drug-likeness (QED) is 0.690. The first kappa shape index (κ1) is 18.1. The summed E-state index contributed by atoms with van der Waals surface area (Å²) < 4.78 is 18.6. The Bertz CT molecular complexity index is 930. The number of benzene rings is 2. The minimum Gasteiger partial charge on any atom is -0.458 e. The Morgan fingerprint density at radius 3 is 2.39 bits per heavy atom. The summed E-state index contributed by atoms with van der Waals surface area (Å²) in [6, 6.07) is 17.8. The van der Waals surface area contributed by atoms with Crippen LogP contribution in [0.4, 0.5) is 4.39 Å². The molecule has 0 radical (unpaired) electrons. The van der Waals surface area contributed by atoms with Gasteiger partial charge in [-0.2, -0.15) is 0 Å². The van der Waals surface area contributed by atoms with Crippen LogP contribution in [0.1, 0.15) is 23.2 Å². The third kappa shape index (κ3) is 4.17. The van der Waals surface area contributed by atoms with Gasteiger partial charge in [-0.25, -0.2) is 14.4 Å². The second kappa shape index (κ2) is 8.17. The molecular formula is C22H20FN3O2. The smallest absolute Gasteiger partial charge is 0.316 e. The number of carbonyl (C=O) groups is 1. The third-order valence-electron chi connectivity index (χ3n) is 4.77. The van der Waals surface area contributed by atoms with Gasteiger partial charge >= 0.3 is 6.01 Å². The van der Waals surface area contributed by atoms with Crippen molar-refractivity contribution in [3.63, 3.8) is 0 Å². The van der Waals surface area contributed by atoms with Crippen LogP contribution in [0.5, 0.6) is 6.01 Å². The molecule has 4 rings (SSSR count). The number of amides is 1. The average molecular weight is 377 g/mol. The molecule has 1 saturated heterocycles.